The lowest BCUT2D eigenvalue weighted by Crippen LogP contribution is -1.97. The van der Waals surface area contributed by atoms with E-state index in [9.17, 15) is 0 Å². The van der Waals surface area contributed by atoms with Gasteiger partial charge in [-0.2, -0.15) is 10.2 Å². The molecule has 0 saturated heterocycles. The molecule has 0 saturated carbocycles. The molecule has 1 N–H and O–H groups in total. The minimum Gasteiger partial charge on any atom is -0.489 e. The van der Waals surface area contributed by atoms with Crippen LogP contribution in [-0.2, 0) is 6.61 Å². The van der Waals surface area contributed by atoms with E-state index in [1.165, 1.54) is 0 Å². The summed E-state index contributed by atoms with van der Waals surface area (Å²) in [5.74, 6) is 1.45. The fourth-order valence-electron chi connectivity index (χ4n) is 2.67. The average Bonchev–Trinajstić information content (AvgIpc) is 2.74. The van der Waals surface area contributed by atoms with E-state index in [-0.39, 0.29) is 0 Å². The van der Waals surface area contributed by atoms with Crippen molar-refractivity contribution in [3.8, 4) is 5.75 Å². The highest BCUT2D eigenvalue weighted by molar-refractivity contribution is 5.91. The molecule has 0 aliphatic carbocycles. The second-order valence-corrected chi connectivity index (χ2v) is 5.99. The van der Waals surface area contributed by atoms with Gasteiger partial charge in [0.15, 0.2) is 5.82 Å². The highest BCUT2D eigenvalue weighted by Gasteiger charge is 2.01. The smallest absolute Gasteiger partial charge is 0.176 e. The van der Waals surface area contributed by atoms with Crippen molar-refractivity contribution in [3.63, 3.8) is 0 Å². The molecule has 5 heteroatoms. The summed E-state index contributed by atoms with van der Waals surface area (Å²) >= 11 is 0. The van der Waals surface area contributed by atoms with Crippen molar-refractivity contribution in [1.82, 2.24) is 10.2 Å². The molecule has 0 atom stereocenters. The number of fused-ring (bicyclic) bond motifs is 1. The van der Waals surface area contributed by atoms with Crippen molar-refractivity contribution in [2.24, 2.45) is 5.10 Å². The van der Waals surface area contributed by atoms with E-state index in [1.807, 2.05) is 78.9 Å². The first-order chi connectivity index (χ1) is 13.4. The van der Waals surface area contributed by atoms with Crippen molar-refractivity contribution in [2.75, 3.05) is 5.43 Å². The quantitative estimate of drug-likeness (QED) is 0.404. The zero-order chi connectivity index (χ0) is 18.3. The highest BCUT2D eigenvalue weighted by Crippen LogP contribution is 2.19. The number of hydrogen-bond donors (Lipinski definition) is 1. The lowest BCUT2D eigenvalue weighted by molar-refractivity contribution is 0.306. The molecular formula is C22H18N4O. The molecule has 0 radical (unpaired) electrons. The van der Waals surface area contributed by atoms with Crippen molar-refractivity contribution in [1.29, 1.82) is 0 Å². The molecule has 0 amide bonds. The van der Waals surface area contributed by atoms with Gasteiger partial charge in [-0.15, -0.1) is 5.10 Å². The van der Waals surface area contributed by atoms with E-state index < -0.39 is 0 Å². The van der Waals surface area contributed by atoms with Crippen LogP contribution in [0.3, 0.4) is 0 Å². The Morgan fingerprint density at radius 1 is 0.889 bits per heavy atom. The van der Waals surface area contributed by atoms with E-state index in [4.69, 9.17) is 4.74 Å². The maximum absolute atomic E-state index is 5.79. The van der Waals surface area contributed by atoms with Gasteiger partial charge >= 0.3 is 0 Å². The molecule has 5 nitrogen and oxygen atoms in total. The van der Waals surface area contributed by atoms with Crippen LogP contribution in [0.15, 0.2) is 90.2 Å². The number of ether oxygens (including phenoxy) is 1. The molecule has 0 aliphatic rings. The monoisotopic (exact) mass is 354 g/mol. The zero-order valence-corrected chi connectivity index (χ0v) is 14.6. The second-order valence-electron chi connectivity index (χ2n) is 5.99. The third-order valence-corrected chi connectivity index (χ3v) is 4.08. The number of hydrogen-bond acceptors (Lipinski definition) is 5. The van der Waals surface area contributed by atoms with E-state index >= 15 is 0 Å². The van der Waals surface area contributed by atoms with Crippen LogP contribution in [0, 0.1) is 0 Å². The van der Waals surface area contributed by atoms with Gasteiger partial charge in [0.25, 0.3) is 0 Å². The summed E-state index contributed by atoms with van der Waals surface area (Å²) in [7, 11) is 0. The maximum atomic E-state index is 5.79. The molecule has 27 heavy (non-hydrogen) atoms. The Labute approximate surface area is 157 Å². The lowest BCUT2D eigenvalue weighted by Gasteiger charge is -2.06. The Morgan fingerprint density at radius 2 is 1.67 bits per heavy atom. The van der Waals surface area contributed by atoms with Gasteiger partial charge in [0.2, 0.25) is 0 Å². The highest BCUT2D eigenvalue weighted by atomic mass is 16.5. The van der Waals surface area contributed by atoms with E-state index in [0.717, 1.165) is 27.6 Å². The predicted octanol–water partition coefficient (Wildman–Crippen LogP) is 4.65. The van der Waals surface area contributed by atoms with Gasteiger partial charge in [-0.05, 0) is 35.4 Å². The third-order valence-electron chi connectivity index (χ3n) is 4.08. The van der Waals surface area contributed by atoms with Crippen LogP contribution in [0.25, 0.3) is 10.8 Å². The molecule has 4 aromatic rings. The summed E-state index contributed by atoms with van der Waals surface area (Å²) in [5.41, 5.74) is 5.07. The molecule has 132 valence electrons. The normalized spacial score (nSPS) is 11.0. The van der Waals surface area contributed by atoms with Gasteiger partial charge in [-0.1, -0.05) is 54.6 Å². The number of nitrogens with zero attached hydrogens (tertiary/aromatic N) is 3. The molecule has 1 aromatic heterocycles. The van der Waals surface area contributed by atoms with Gasteiger partial charge in [0.05, 0.1) is 12.4 Å². The number of benzene rings is 3. The van der Waals surface area contributed by atoms with Crippen LogP contribution in [-0.4, -0.2) is 16.4 Å². The number of aromatic nitrogens is 2. The minimum absolute atomic E-state index is 0.551. The summed E-state index contributed by atoms with van der Waals surface area (Å²) in [5, 5.41) is 14.4. The first-order valence-corrected chi connectivity index (χ1v) is 8.65. The molecule has 4 rings (SSSR count). The molecule has 0 aliphatic heterocycles. The molecule has 0 spiro atoms. The summed E-state index contributed by atoms with van der Waals surface area (Å²) in [6, 6.07) is 25.8. The fraction of sp³-hybridized carbons (Fsp3) is 0.0455. The summed E-state index contributed by atoms with van der Waals surface area (Å²) in [6.45, 7) is 0.551. The first kappa shape index (κ1) is 16.7. The summed E-state index contributed by atoms with van der Waals surface area (Å²) < 4.78 is 5.79. The SMILES string of the molecule is C(=N/Nc1nncc2ccccc12)/c1ccc(OCc2ccccc2)cc1. The van der Waals surface area contributed by atoms with E-state index in [0.29, 0.717) is 12.4 Å². The van der Waals surface area contributed by atoms with Gasteiger partial charge < -0.3 is 4.74 Å². The number of hydrazone groups is 1. The summed E-state index contributed by atoms with van der Waals surface area (Å²) in [6.07, 6.45) is 3.48. The molecule has 0 bridgehead atoms. The van der Waals surface area contributed by atoms with Crippen LogP contribution in [0.5, 0.6) is 5.75 Å². The van der Waals surface area contributed by atoms with Crippen molar-refractivity contribution < 1.29 is 4.74 Å². The van der Waals surface area contributed by atoms with Crippen LogP contribution in [0.4, 0.5) is 5.82 Å². The minimum atomic E-state index is 0.551. The van der Waals surface area contributed by atoms with Gasteiger partial charge in [0.1, 0.15) is 12.4 Å². The zero-order valence-electron chi connectivity index (χ0n) is 14.6. The van der Waals surface area contributed by atoms with Crippen molar-refractivity contribution in [2.45, 2.75) is 6.61 Å². The van der Waals surface area contributed by atoms with Crippen molar-refractivity contribution in [3.05, 3.63) is 96.2 Å². The number of anilines is 1. The Morgan fingerprint density at radius 3 is 2.52 bits per heavy atom. The van der Waals surface area contributed by atoms with Crippen LogP contribution < -0.4 is 10.2 Å². The molecule has 0 fully saturated rings. The first-order valence-electron chi connectivity index (χ1n) is 8.65. The second kappa shape index (κ2) is 8.10. The molecular weight excluding hydrogens is 336 g/mol. The number of nitrogens with one attached hydrogen (secondary N) is 1. The lowest BCUT2D eigenvalue weighted by atomic mass is 10.2. The molecule has 3 aromatic carbocycles. The Kier molecular flexibility index (Phi) is 5.02. The third kappa shape index (κ3) is 4.27. The number of rotatable bonds is 6. The van der Waals surface area contributed by atoms with Crippen LogP contribution in [0.2, 0.25) is 0 Å². The Balaban J connectivity index is 1.38. The van der Waals surface area contributed by atoms with Gasteiger partial charge in [-0.3, -0.25) is 5.43 Å². The van der Waals surface area contributed by atoms with Gasteiger partial charge in [0, 0.05) is 10.8 Å². The van der Waals surface area contributed by atoms with E-state index in [2.05, 4.69) is 20.7 Å². The predicted molar refractivity (Wildman–Crippen MR) is 108 cm³/mol. The maximum Gasteiger partial charge on any atom is 0.176 e. The average molecular weight is 354 g/mol. The standard InChI is InChI=1S/C22H18N4O/c1-2-6-18(7-3-1)16-27-20-12-10-17(11-13-20)14-23-25-22-21-9-5-4-8-19(21)15-24-26-22/h1-15H,16H2,(H,25,26)/b23-14-. The topological polar surface area (TPSA) is 59.4 Å². The van der Waals surface area contributed by atoms with Crippen molar-refractivity contribution >= 4 is 22.8 Å². The fourth-order valence-corrected chi connectivity index (χ4v) is 2.67. The van der Waals surface area contributed by atoms with Gasteiger partial charge in [-0.25, -0.2) is 0 Å². The van der Waals surface area contributed by atoms with E-state index in [1.54, 1.807) is 12.4 Å². The Bertz CT molecular complexity index is 1040. The van der Waals surface area contributed by atoms with Crippen LogP contribution >= 0.6 is 0 Å². The summed E-state index contributed by atoms with van der Waals surface area (Å²) in [4.78, 5) is 0. The largest absolute Gasteiger partial charge is 0.489 e. The Hall–Kier alpha value is -3.73. The van der Waals surface area contributed by atoms with Crippen LogP contribution in [0.1, 0.15) is 11.1 Å². The molecule has 0 unspecified atom stereocenters. The molecule has 1 heterocycles.